The molecular weight excluding hydrogens is 266 g/mol. The number of rotatable bonds is 5. The van der Waals surface area contributed by atoms with E-state index in [1.807, 2.05) is 11.8 Å². The van der Waals surface area contributed by atoms with Crippen LogP contribution in [0.25, 0.3) is 0 Å². The van der Waals surface area contributed by atoms with Crippen LogP contribution in [0.4, 0.5) is 0 Å². The number of ether oxygens (including phenoxy) is 1. The Morgan fingerprint density at radius 1 is 1.24 bits per heavy atom. The lowest BCUT2D eigenvalue weighted by Gasteiger charge is -2.39. The number of amides is 1. The molecule has 1 saturated heterocycles. The van der Waals surface area contributed by atoms with Crippen LogP contribution in [0.5, 0.6) is 0 Å². The maximum atomic E-state index is 12.7. The standard InChI is InChI=1S/C17H31NO3/c1-3-4-5-14-6-8-15(9-7-14)17(20)18-10-13(2)21-16(11-18)12-19/h13-16,19H,3-12H2,1-2H3. The summed E-state index contributed by atoms with van der Waals surface area (Å²) in [6.45, 7) is 5.44. The highest BCUT2D eigenvalue weighted by Crippen LogP contribution is 2.33. The molecule has 0 spiro atoms. The van der Waals surface area contributed by atoms with Crippen molar-refractivity contribution >= 4 is 5.91 Å². The molecule has 2 aliphatic rings. The van der Waals surface area contributed by atoms with Gasteiger partial charge in [0.25, 0.3) is 0 Å². The molecule has 1 heterocycles. The summed E-state index contributed by atoms with van der Waals surface area (Å²) in [6.07, 6.45) is 8.25. The lowest BCUT2D eigenvalue weighted by atomic mass is 9.79. The highest BCUT2D eigenvalue weighted by molar-refractivity contribution is 5.79. The molecule has 1 N–H and O–H groups in total. The van der Waals surface area contributed by atoms with E-state index >= 15 is 0 Å². The molecular formula is C17H31NO3. The predicted molar refractivity (Wildman–Crippen MR) is 83.0 cm³/mol. The van der Waals surface area contributed by atoms with Crippen LogP contribution in [0.1, 0.15) is 58.8 Å². The van der Waals surface area contributed by atoms with Gasteiger partial charge in [-0.2, -0.15) is 0 Å². The van der Waals surface area contributed by atoms with Crippen molar-refractivity contribution < 1.29 is 14.6 Å². The second kappa shape index (κ2) is 8.14. The minimum atomic E-state index is -0.210. The molecule has 1 aliphatic heterocycles. The van der Waals surface area contributed by atoms with Crippen molar-refractivity contribution in [3.8, 4) is 0 Å². The van der Waals surface area contributed by atoms with Gasteiger partial charge in [0.1, 0.15) is 0 Å². The van der Waals surface area contributed by atoms with E-state index in [1.165, 1.54) is 32.1 Å². The average Bonchev–Trinajstić information content (AvgIpc) is 2.52. The number of aliphatic hydroxyl groups is 1. The van der Waals surface area contributed by atoms with Gasteiger partial charge in [-0.05, 0) is 38.5 Å². The number of unbranched alkanes of at least 4 members (excludes halogenated alkanes) is 1. The van der Waals surface area contributed by atoms with Gasteiger partial charge in [0.05, 0.1) is 18.8 Å². The van der Waals surface area contributed by atoms with Crippen molar-refractivity contribution in [2.75, 3.05) is 19.7 Å². The fourth-order valence-electron chi connectivity index (χ4n) is 3.78. The number of carbonyl (C=O) groups is 1. The molecule has 1 aliphatic carbocycles. The van der Waals surface area contributed by atoms with Crippen molar-refractivity contribution in [2.45, 2.75) is 71.0 Å². The van der Waals surface area contributed by atoms with E-state index in [9.17, 15) is 9.90 Å². The van der Waals surface area contributed by atoms with E-state index in [2.05, 4.69) is 6.92 Å². The lowest BCUT2D eigenvalue weighted by Crippen LogP contribution is -2.52. The van der Waals surface area contributed by atoms with Crippen LogP contribution in [-0.4, -0.2) is 47.8 Å². The number of carbonyl (C=O) groups excluding carboxylic acids is 1. The van der Waals surface area contributed by atoms with Gasteiger partial charge >= 0.3 is 0 Å². The fraction of sp³-hybridized carbons (Fsp3) is 0.941. The molecule has 0 aromatic rings. The Hall–Kier alpha value is -0.610. The number of hydrogen-bond acceptors (Lipinski definition) is 3. The molecule has 1 amide bonds. The zero-order chi connectivity index (χ0) is 15.2. The molecule has 0 radical (unpaired) electrons. The van der Waals surface area contributed by atoms with Crippen molar-refractivity contribution in [3.63, 3.8) is 0 Å². The van der Waals surface area contributed by atoms with Gasteiger partial charge in [-0.15, -0.1) is 0 Å². The van der Waals surface area contributed by atoms with Gasteiger partial charge < -0.3 is 14.7 Å². The molecule has 4 heteroatoms. The van der Waals surface area contributed by atoms with Crippen LogP contribution in [-0.2, 0) is 9.53 Å². The van der Waals surface area contributed by atoms with Crippen molar-refractivity contribution in [2.24, 2.45) is 11.8 Å². The van der Waals surface area contributed by atoms with Gasteiger partial charge in [0.2, 0.25) is 5.91 Å². The van der Waals surface area contributed by atoms with Crippen molar-refractivity contribution in [1.82, 2.24) is 4.90 Å². The Balaban J connectivity index is 1.81. The van der Waals surface area contributed by atoms with Gasteiger partial charge in [-0.1, -0.05) is 26.2 Å². The first-order chi connectivity index (χ1) is 10.1. The van der Waals surface area contributed by atoms with Crippen LogP contribution < -0.4 is 0 Å². The maximum Gasteiger partial charge on any atom is 0.225 e. The third-order valence-corrected chi connectivity index (χ3v) is 5.00. The first-order valence-corrected chi connectivity index (χ1v) is 8.69. The third-order valence-electron chi connectivity index (χ3n) is 5.00. The molecule has 2 fully saturated rings. The Kier molecular flexibility index (Phi) is 6.49. The summed E-state index contributed by atoms with van der Waals surface area (Å²) in [5.74, 6) is 1.33. The number of aliphatic hydroxyl groups excluding tert-OH is 1. The zero-order valence-corrected chi connectivity index (χ0v) is 13.6. The monoisotopic (exact) mass is 297 g/mol. The summed E-state index contributed by atoms with van der Waals surface area (Å²) >= 11 is 0. The van der Waals surface area contributed by atoms with Crippen LogP contribution in [0, 0.1) is 11.8 Å². The van der Waals surface area contributed by atoms with Gasteiger partial charge in [-0.3, -0.25) is 4.79 Å². The normalized spacial score (nSPS) is 34.0. The molecule has 2 atom stereocenters. The molecule has 0 bridgehead atoms. The molecule has 21 heavy (non-hydrogen) atoms. The van der Waals surface area contributed by atoms with E-state index in [1.54, 1.807) is 0 Å². The van der Waals surface area contributed by atoms with E-state index < -0.39 is 0 Å². The van der Waals surface area contributed by atoms with E-state index in [0.717, 1.165) is 18.8 Å². The largest absolute Gasteiger partial charge is 0.394 e. The fourth-order valence-corrected chi connectivity index (χ4v) is 3.78. The van der Waals surface area contributed by atoms with Gasteiger partial charge in [-0.25, -0.2) is 0 Å². The first-order valence-electron chi connectivity index (χ1n) is 8.69. The topological polar surface area (TPSA) is 49.8 Å². The second-order valence-corrected chi connectivity index (χ2v) is 6.85. The van der Waals surface area contributed by atoms with E-state index in [-0.39, 0.29) is 30.6 Å². The number of morpholine rings is 1. The maximum absolute atomic E-state index is 12.7. The summed E-state index contributed by atoms with van der Waals surface area (Å²) in [7, 11) is 0. The van der Waals surface area contributed by atoms with Crippen molar-refractivity contribution in [1.29, 1.82) is 0 Å². The van der Waals surface area contributed by atoms with Crippen LogP contribution >= 0.6 is 0 Å². The Labute approximate surface area is 128 Å². The number of hydrogen-bond donors (Lipinski definition) is 1. The molecule has 2 rings (SSSR count). The first kappa shape index (κ1) is 16.8. The van der Waals surface area contributed by atoms with Crippen LogP contribution in [0.2, 0.25) is 0 Å². The molecule has 1 saturated carbocycles. The van der Waals surface area contributed by atoms with Gasteiger partial charge in [0.15, 0.2) is 0 Å². The molecule has 0 aromatic heterocycles. The summed E-state index contributed by atoms with van der Waals surface area (Å²) in [5.41, 5.74) is 0. The van der Waals surface area contributed by atoms with Crippen molar-refractivity contribution in [3.05, 3.63) is 0 Å². The Morgan fingerprint density at radius 3 is 2.57 bits per heavy atom. The molecule has 2 unspecified atom stereocenters. The summed E-state index contributed by atoms with van der Waals surface area (Å²) < 4.78 is 5.62. The number of nitrogens with zero attached hydrogens (tertiary/aromatic N) is 1. The Bertz CT molecular complexity index is 326. The summed E-state index contributed by atoms with van der Waals surface area (Å²) in [6, 6.07) is 0. The second-order valence-electron chi connectivity index (χ2n) is 6.85. The zero-order valence-electron chi connectivity index (χ0n) is 13.6. The molecule has 0 aromatic carbocycles. The average molecular weight is 297 g/mol. The SMILES string of the molecule is CCCCC1CCC(C(=O)N2CC(C)OC(CO)C2)CC1. The highest BCUT2D eigenvalue weighted by Gasteiger charge is 2.33. The minimum Gasteiger partial charge on any atom is -0.394 e. The molecule has 122 valence electrons. The predicted octanol–water partition coefficient (Wildman–Crippen LogP) is 2.59. The smallest absolute Gasteiger partial charge is 0.225 e. The quantitative estimate of drug-likeness (QED) is 0.848. The van der Waals surface area contributed by atoms with E-state index in [4.69, 9.17) is 4.74 Å². The molecule has 4 nitrogen and oxygen atoms in total. The third kappa shape index (κ3) is 4.68. The summed E-state index contributed by atoms with van der Waals surface area (Å²) in [4.78, 5) is 14.6. The lowest BCUT2D eigenvalue weighted by molar-refractivity contribution is -0.152. The van der Waals surface area contributed by atoms with Gasteiger partial charge in [0, 0.05) is 19.0 Å². The van der Waals surface area contributed by atoms with Crippen LogP contribution in [0.3, 0.4) is 0 Å². The minimum absolute atomic E-state index is 0.00210. The van der Waals surface area contributed by atoms with E-state index in [0.29, 0.717) is 13.1 Å². The summed E-state index contributed by atoms with van der Waals surface area (Å²) in [5, 5.41) is 9.27. The van der Waals surface area contributed by atoms with Crippen LogP contribution in [0.15, 0.2) is 0 Å². The Morgan fingerprint density at radius 2 is 1.95 bits per heavy atom. The highest BCUT2D eigenvalue weighted by atomic mass is 16.5.